The van der Waals surface area contributed by atoms with E-state index in [9.17, 15) is 4.79 Å². The number of carbonyl (C=O) groups excluding carboxylic acids is 1. The summed E-state index contributed by atoms with van der Waals surface area (Å²) in [4.78, 5) is 12.5. The van der Waals surface area contributed by atoms with Crippen molar-refractivity contribution in [3.05, 3.63) is 65.7 Å². The molecule has 21 heavy (non-hydrogen) atoms. The van der Waals surface area contributed by atoms with Gasteiger partial charge in [-0.15, -0.1) is 0 Å². The Bertz CT molecular complexity index is 581. The minimum Gasteiger partial charge on any atom is -0.385 e. The van der Waals surface area contributed by atoms with Gasteiger partial charge in [-0.3, -0.25) is 4.79 Å². The Balaban J connectivity index is 2.17. The third-order valence-electron chi connectivity index (χ3n) is 3.45. The number of rotatable bonds is 6. The quantitative estimate of drug-likeness (QED) is 0.841. The predicted molar refractivity (Wildman–Crippen MR) is 87.5 cm³/mol. The van der Waals surface area contributed by atoms with E-state index in [1.54, 1.807) is 0 Å². The third-order valence-corrected chi connectivity index (χ3v) is 3.45. The van der Waals surface area contributed by atoms with Crippen LogP contribution in [0.4, 0.5) is 5.69 Å². The SMILES string of the molecule is CCNc1ccccc1C(=O)NC(CC)c1ccccc1. The minimum absolute atomic E-state index is 0.0355. The zero-order chi connectivity index (χ0) is 15.1. The maximum Gasteiger partial charge on any atom is 0.253 e. The van der Waals surface area contributed by atoms with Gasteiger partial charge in [-0.25, -0.2) is 0 Å². The zero-order valence-corrected chi connectivity index (χ0v) is 12.6. The maximum absolute atomic E-state index is 12.5. The zero-order valence-electron chi connectivity index (χ0n) is 12.6. The number of carbonyl (C=O) groups is 1. The molecule has 0 aliphatic rings. The molecule has 0 saturated carbocycles. The number of para-hydroxylation sites is 1. The van der Waals surface area contributed by atoms with Gasteiger partial charge in [0.25, 0.3) is 5.91 Å². The van der Waals surface area contributed by atoms with Gasteiger partial charge < -0.3 is 10.6 Å². The first kappa shape index (κ1) is 15.1. The van der Waals surface area contributed by atoms with Crippen molar-refractivity contribution in [2.45, 2.75) is 26.3 Å². The predicted octanol–water partition coefficient (Wildman–Crippen LogP) is 4.00. The van der Waals surface area contributed by atoms with Gasteiger partial charge in [-0.2, -0.15) is 0 Å². The van der Waals surface area contributed by atoms with Crippen LogP contribution in [0.5, 0.6) is 0 Å². The van der Waals surface area contributed by atoms with E-state index in [1.165, 1.54) is 0 Å². The van der Waals surface area contributed by atoms with E-state index in [1.807, 2.05) is 61.5 Å². The summed E-state index contributed by atoms with van der Waals surface area (Å²) in [6.45, 7) is 4.89. The van der Waals surface area contributed by atoms with Crippen LogP contribution in [0.15, 0.2) is 54.6 Å². The Morgan fingerprint density at radius 2 is 1.67 bits per heavy atom. The molecule has 3 nitrogen and oxygen atoms in total. The van der Waals surface area contributed by atoms with E-state index in [0.29, 0.717) is 5.56 Å². The Kier molecular flexibility index (Phi) is 5.38. The van der Waals surface area contributed by atoms with Crippen molar-refractivity contribution in [2.24, 2.45) is 0 Å². The highest BCUT2D eigenvalue weighted by molar-refractivity contribution is 5.99. The summed E-state index contributed by atoms with van der Waals surface area (Å²) in [5.41, 5.74) is 2.70. The highest BCUT2D eigenvalue weighted by Crippen LogP contribution is 2.19. The lowest BCUT2D eigenvalue weighted by molar-refractivity contribution is 0.0936. The molecule has 3 heteroatoms. The van der Waals surface area contributed by atoms with Crippen molar-refractivity contribution in [1.29, 1.82) is 0 Å². The second-order valence-corrected chi connectivity index (χ2v) is 4.92. The van der Waals surface area contributed by atoms with Crippen molar-refractivity contribution in [1.82, 2.24) is 5.32 Å². The fourth-order valence-electron chi connectivity index (χ4n) is 2.37. The fourth-order valence-corrected chi connectivity index (χ4v) is 2.37. The lowest BCUT2D eigenvalue weighted by Gasteiger charge is -2.19. The van der Waals surface area contributed by atoms with E-state index in [4.69, 9.17) is 0 Å². The Morgan fingerprint density at radius 3 is 2.33 bits per heavy atom. The summed E-state index contributed by atoms with van der Waals surface area (Å²) < 4.78 is 0. The van der Waals surface area contributed by atoms with E-state index in [-0.39, 0.29) is 11.9 Å². The molecule has 110 valence electrons. The van der Waals surface area contributed by atoms with Gasteiger partial charge in [-0.05, 0) is 31.0 Å². The summed E-state index contributed by atoms with van der Waals surface area (Å²) in [5.74, 6) is -0.0396. The summed E-state index contributed by atoms with van der Waals surface area (Å²) >= 11 is 0. The fraction of sp³-hybridized carbons (Fsp3) is 0.278. The third kappa shape index (κ3) is 3.85. The first-order chi connectivity index (χ1) is 10.3. The molecule has 0 fully saturated rings. The van der Waals surface area contributed by atoms with Crippen LogP contribution in [0.3, 0.4) is 0 Å². The van der Waals surface area contributed by atoms with Gasteiger partial charge in [0.15, 0.2) is 0 Å². The molecule has 0 saturated heterocycles. The molecule has 0 bridgehead atoms. The molecule has 1 amide bonds. The van der Waals surface area contributed by atoms with Crippen molar-refractivity contribution in [3.63, 3.8) is 0 Å². The summed E-state index contributed by atoms with van der Waals surface area (Å²) in [7, 11) is 0. The van der Waals surface area contributed by atoms with Crippen molar-refractivity contribution in [2.75, 3.05) is 11.9 Å². The van der Waals surface area contributed by atoms with Crippen LogP contribution in [0.25, 0.3) is 0 Å². The van der Waals surface area contributed by atoms with Gasteiger partial charge in [0.2, 0.25) is 0 Å². The molecule has 2 aromatic carbocycles. The van der Waals surface area contributed by atoms with Crippen LogP contribution in [0, 0.1) is 0 Å². The lowest BCUT2D eigenvalue weighted by atomic mass is 10.0. The van der Waals surface area contributed by atoms with Crippen molar-refractivity contribution in [3.8, 4) is 0 Å². The largest absolute Gasteiger partial charge is 0.385 e. The van der Waals surface area contributed by atoms with Gasteiger partial charge in [0.1, 0.15) is 0 Å². The molecule has 0 aliphatic carbocycles. The molecule has 0 spiro atoms. The number of amides is 1. The minimum atomic E-state index is -0.0396. The van der Waals surface area contributed by atoms with Gasteiger partial charge >= 0.3 is 0 Å². The van der Waals surface area contributed by atoms with Crippen LogP contribution >= 0.6 is 0 Å². The second-order valence-electron chi connectivity index (χ2n) is 4.92. The molecular formula is C18H22N2O. The number of benzene rings is 2. The standard InChI is InChI=1S/C18H22N2O/c1-3-16(14-10-6-5-7-11-14)20-18(21)15-12-8-9-13-17(15)19-4-2/h5-13,16,19H,3-4H2,1-2H3,(H,20,21). The number of hydrogen-bond donors (Lipinski definition) is 2. The number of anilines is 1. The van der Waals surface area contributed by atoms with Crippen LogP contribution in [-0.4, -0.2) is 12.5 Å². The van der Waals surface area contributed by atoms with E-state index in [2.05, 4.69) is 17.6 Å². The molecule has 1 atom stereocenters. The van der Waals surface area contributed by atoms with Crippen LogP contribution in [0.2, 0.25) is 0 Å². The highest BCUT2D eigenvalue weighted by atomic mass is 16.1. The molecular weight excluding hydrogens is 260 g/mol. The first-order valence-electron chi connectivity index (χ1n) is 7.45. The molecule has 0 heterocycles. The maximum atomic E-state index is 12.5. The normalized spacial score (nSPS) is 11.7. The van der Waals surface area contributed by atoms with Crippen molar-refractivity contribution >= 4 is 11.6 Å². The molecule has 1 unspecified atom stereocenters. The first-order valence-corrected chi connectivity index (χ1v) is 7.45. The highest BCUT2D eigenvalue weighted by Gasteiger charge is 2.16. The van der Waals surface area contributed by atoms with E-state index < -0.39 is 0 Å². The van der Waals surface area contributed by atoms with Crippen LogP contribution in [-0.2, 0) is 0 Å². The topological polar surface area (TPSA) is 41.1 Å². The van der Waals surface area contributed by atoms with E-state index in [0.717, 1.165) is 24.2 Å². The van der Waals surface area contributed by atoms with Crippen LogP contribution < -0.4 is 10.6 Å². The summed E-state index contributed by atoms with van der Waals surface area (Å²) in [5, 5.41) is 6.35. The second kappa shape index (κ2) is 7.48. The summed E-state index contributed by atoms with van der Waals surface area (Å²) in [6.07, 6.45) is 0.860. The average Bonchev–Trinajstić information content (AvgIpc) is 2.54. The van der Waals surface area contributed by atoms with Gasteiger partial charge in [0, 0.05) is 12.2 Å². The molecule has 2 rings (SSSR count). The molecule has 2 aromatic rings. The Hall–Kier alpha value is -2.29. The number of hydrogen-bond acceptors (Lipinski definition) is 2. The molecule has 0 radical (unpaired) electrons. The smallest absolute Gasteiger partial charge is 0.253 e. The Morgan fingerprint density at radius 1 is 1.00 bits per heavy atom. The average molecular weight is 282 g/mol. The lowest BCUT2D eigenvalue weighted by Crippen LogP contribution is -2.28. The Labute approximate surface area is 126 Å². The summed E-state index contributed by atoms with van der Waals surface area (Å²) in [6, 6.07) is 17.7. The monoisotopic (exact) mass is 282 g/mol. The number of nitrogens with one attached hydrogen (secondary N) is 2. The van der Waals surface area contributed by atoms with Crippen LogP contribution in [0.1, 0.15) is 42.2 Å². The molecule has 0 aliphatic heterocycles. The van der Waals surface area contributed by atoms with Crippen molar-refractivity contribution < 1.29 is 4.79 Å². The molecule has 0 aromatic heterocycles. The van der Waals surface area contributed by atoms with Gasteiger partial charge in [0.05, 0.1) is 11.6 Å². The van der Waals surface area contributed by atoms with E-state index >= 15 is 0 Å². The van der Waals surface area contributed by atoms with Gasteiger partial charge in [-0.1, -0.05) is 49.4 Å². The molecule has 2 N–H and O–H groups in total.